The summed E-state index contributed by atoms with van der Waals surface area (Å²) >= 11 is 2.94. The molecule has 0 spiro atoms. The highest BCUT2D eigenvalue weighted by Crippen LogP contribution is 2.25. The van der Waals surface area contributed by atoms with Crippen LogP contribution in [0, 0.1) is 0 Å². The molecule has 0 aliphatic heterocycles. The second-order valence-corrected chi connectivity index (χ2v) is 8.89. The number of thiophene rings is 1. The van der Waals surface area contributed by atoms with Gasteiger partial charge in [0.25, 0.3) is 5.89 Å². The second kappa shape index (κ2) is 10.6. The molecular weight excluding hydrogens is 444 g/mol. The quantitative estimate of drug-likeness (QED) is 0.314. The Balaban J connectivity index is 1.42. The largest absolute Gasteiger partial charge is 0.418 e. The molecule has 10 heteroatoms. The first-order valence-electron chi connectivity index (χ1n) is 10.4. The maximum absolute atomic E-state index is 13.0. The number of nitrogens with zero attached hydrogens (tertiary/aromatic N) is 6. The smallest absolute Gasteiger partial charge is 0.257 e. The van der Waals surface area contributed by atoms with Crippen LogP contribution in [-0.4, -0.2) is 48.1 Å². The van der Waals surface area contributed by atoms with Gasteiger partial charge in [-0.1, -0.05) is 55.1 Å². The lowest BCUT2D eigenvalue weighted by Crippen LogP contribution is -2.33. The third-order valence-corrected chi connectivity index (χ3v) is 6.57. The molecule has 4 aromatic rings. The van der Waals surface area contributed by atoms with E-state index < -0.39 is 0 Å². The number of benzene rings is 1. The molecule has 0 aliphatic rings. The molecule has 0 radical (unpaired) electrons. The second-order valence-electron chi connectivity index (χ2n) is 7.00. The first kappa shape index (κ1) is 22.2. The van der Waals surface area contributed by atoms with Crippen molar-refractivity contribution in [1.82, 2.24) is 29.9 Å². The average molecular weight is 469 g/mol. The van der Waals surface area contributed by atoms with Gasteiger partial charge in [-0.15, -0.1) is 31.7 Å². The van der Waals surface area contributed by atoms with E-state index in [4.69, 9.17) is 4.42 Å². The highest BCUT2D eigenvalue weighted by molar-refractivity contribution is 7.99. The van der Waals surface area contributed by atoms with Gasteiger partial charge < -0.3 is 13.9 Å². The van der Waals surface area contributed by atoms with Crippen molar-refractivity contribution < 1.29 is 9.21 Å². The van der Waals surface area contributed by atoms with Gasteiger partial charge in [0, 0.05) is 18.7 Å². The van der Waals surface area contributed by atoms with Crippen molar-refractivity contribution in [3.05, 3.63) is 53.7 Å². The maximum Gasteiger partial charge on any atom is 0.257 e. The average Bonchev–Trinajstić information content (AvgIpc) is 3.58. The van der Waals surface area contributed by atoms with Gasteiger partial charge in [0.1, 0.15) is 0 Å². The molecule has 166 valence electrons. The van der Waals surface area contributed by atoms with E-state index in [1.54, 1.807) is 4.90 Å². The molecule has 1 amide bonds. The predicted octanol–water partition coefficient (Wildman–Crippen LogP) is 4.61. The summed E-state index contributed by atoms with van der Waals surface area (Å²) in [7, 11) is 0. The van der Waals surface area contributed by atoms with E-state index in [1.165, 1.54) is 23.1 Å². The van der Waals surface area contributed by atoms with Crippen molar-refractivity contribution in [2.75, 3.05) is 12.3 Å². The molecule has 0 unspecified atom stereocenters. The number of hydrogen-bond acceptors (Lipinski definition) is 8. The molecule has 1 aromatic carbocycles. The molecule has 0 atom stereocenters. The maximum atomic E-state index is 13.0. The molecule has 0 aliphatic carbocycles. The molecule has 0 N–H and O–H groups in total. The molecule has 0 saturated carbocycles. The third-order valence-electron chi connectivity index (χ3n) is 4.76. The molecule has 0 saturated heterocycles. The number of aromatic nitrogens is 5. The van der Waals surface area contributed by atoms with Crippen LogP contribution >= 0.6 is 23.1 Å². The molecule has 0 fully saturated rings. The summed E-state index contributed by atoms with van der Waals surface area (Å²) in [5.74, 6) is 1.99. The van der Waals surface area contributed by atoms with Crippen LogP contribution in [0.2, 0.25) is 0 Å². The normalized spacial score (nSPS) is 11.1. The first-order valence-corrected chi connectivity index (χ1v) is 12.3. The van der Waals surface area contributed by atoms with E-state index in [-0.39, 0.29) is 11.7 Å². The number of hydrogen-bond donors (Lipinski definition) is 0. The summed E-state index contributed by atoms with van der Waals surface area (Å²) < 4.78 is 7.80. The summed E-state index contributed by atoms with van der Waals surface area (Å²) in [5.41, 5.74) is 1.01. The number of carbonyl (C=O) groups is 1. The Hall–Kier alpha value is -2.98. The zero-order chi connectivity index (χ0) is 22.3. The van der Waals surface area contributed by atoms with Gasteiger partial charge in [-0.25, -0.2) is 0 Å². The summed E-state index contributed by atoms with van der Waals surface area (Å²) in [6, 6.07) is 13.8. The highest BCUT2D eigenvalue weighted by atomic mass is 32.2. The van der Waals surface area contributed by atoms with Crippen LogP contribution in [0.5, 0.6) is 0 Å². The van der Waals surface area contributed by atoms with Crippen LogP contribution in [0.25, 0.3) is 22.2 Å². The predicted molar refractivity (Wildman–Crippen MR) is 125 cm³/mol. The highest BCUT2D eigenvalue weighted by Gasteiger charge is 2.20. The molecule has 3 aromatic heterocycles. The van der Waals surface area contributed by atoms with Gasteiger partial charge in [0.15, 0.2) is 11.0 Å². The Kier molecular flexibility index (Phi) is 7.33. The van der Waals surface area contributed by atoms with Crippen LogP contribution in [0.1, 0.15) is 26.2 Å². The minimum Gasteiger partial charge on any atom is -0.418 e. The van der Waals surface area contributed by atoms with Gasteiger partial charge in [0.05, 0.1) is 17.2 Å². The van der Waals surface area contributed by atoms with E-state index in [0.717, 1.165) is 34.4 Å². The Labute approximate surface area is 194 Å². The van der Waals surface area contributed by atoms with Gasteiger partial charge in [-0.05, 0) is 24.8 Å². The summed E-state index contributed by atoms with van der Waals surface area (Å²) in [6.07, 6.45) is 0.839. The topological polar surface area (TPSA) is 89.9 Å². The third kappa shape index (κ3) is 5.08. The van der Waals surface area contributed by atoms with Crippen molar-refractivity contribution in [3.63, 3.8) is 0 Å². The van der Waals surface area contributed by atoms with Crippen molar-refractivity contribution >= 4 is 29.0 Å². The van der Waals surface area contributed by atoms with E-state index in [1.807, 2.05) is 66.3 Å². The van der Waals surface area contributed by atoms with Gasteiger partial charge in [-0.3, -0.25) is 4.79 Å². The van der Waals surface area contributed by atoms with Gasteiger partial charge in [-0.2, -0.15) is 0 Å². The van der Waals surface area contributed by atoms with Crippen LogP contribution in [0.4, 0.5) is 0 Å². The fourth-order valence-electron chi connectivity index (χ4n) is 3.24. The van der Waals surface area contributed by atoms with E-state index in [9.17, 15) is 4.79 Å². The first-order chi connectivity index (χ1) is 15.7. The molecular formula is C22H24N6O2S2. The minimum absolute atomic E-state index is 0.000335. The molecule has 4 rings (SSSR count). The monoisotopic (exact) mass is 468 g/mol. The van der Waals surface area contributed by atoms with Crippen molar-refractivity contribution in [3.8, 4) is 22.2 Å². The molecule has 32 heavy (non-hydrogen) atoms. The molecule has 8 nitrogen and oxygen atoms in total. The fourth-order valence-corrected chi connectivity index (χ4v) is 4.79. The molecule has 3 heterocycles. The number of thioether (sulfide) groups is 1. The lowest BCUT2D eigenvalue weighted by molar-refractivity contribution is -0.129. The zero-order valence-corrected chi connectivity index (χ0v) is 19.6. The van der Waals surface area contributed by atoms with Crippen LogP contribution in [-0.2, 0) is 17.9 Å². The summed E-state index contributed by atoms with van der Waals surface area (Å²) in [6.45, 7) is 5.72. The van der Waals surface area contributed by atoms with Crippen LogP contribution in [0.15, 0.2) is 57.4 Å². The zero-order valence-electron chi connectivity index (χ0n) is 18.0. The number of carbonyl (C=O) groups excluding carboxylic acids is 1. The van der Waals surface area contributed by atoms with Crippen LogP contribution < -0.4 is 0 Å². The van der Waals surface area contributed by atoms with Crippen LogP contribution in [0.3, 0.4) is 0 Å². The summed E-state index contributed by atoms with van der Waals surface area (Å²) in [4.78, 5) is 15.7. The summed E-state index contributed by atoms with van der Waals surface area (Å²) in [5, 5.41) is 19.6. The molecule has 0 bridgehead atoms. The van der Waals surface area contributed by atoms with Crippen molar-refractivity contribution in [2.24, 2.45) is 0 Å². The van der Waals surface area contributed by atoms with Gasteiger partial charge in [0.2, 0.25) is 11.8 Å². The number of amides is 1. The standard InChI is InChI=1S/C22H24N6O2S2/c1-3-12-27(14-18-23-25-21(30-18)17-11-8-13-31-17)19(29)15-32-22-26-24-20(28(22)4-2)16-9-6-5-7-10-16/h5-11,13H,3-4,12,14-15H2,1-2H3. The Bertz CT molecular complexity index is 1140. The van der Waals surface area contributed by atoms with Crippen molar-refractivity contribution in [2.45, 2.75) is 38.5 Å². The Morgan fingerprint density at radius 3 is 2.66 bits per heavy atom. The van der Waals surface area contributed by atoms with E-state index >= 15 is 0 Å². The Morgan fingerprint density at radius 1 is 1.09 bits per heavy atom. The van der Waals surface area contributed by atoms with Gasteiger partial charge >= 0.3 is 0 Å². The minimum atomic E-state index is -0.000335. The lowest BCUT2D eigenvalue weighted by atomic mass is 10.2. The van der Waals surface area contributed by atoms with Crippen molar-refractivity contribution in [1.29, 1.82) is 0 Å². The Morgan fingerprint density at radius 2 is 1.94 bits per heavy atom. The fraction of sp³-hybridized carbons (Fsp3) is 0.318. The number of rotatable bonds is 10. The van der Waals surface area contributed by atoms with E-state index in [2.05, 4.69) is 20.4 Å². The lowest BCUT2D eigenvalue weighted by Gasteiger charge is -2.20. The van der Waals surface area contributed by atoms with E-state index in [0.29, 0.717) is 24.9 Å². The SMILES string of the molecule is CCCN(Cc1nnc(-c2cccs2)o1)C(=O)CSc1nnc(-c2ccccc2)n1CC.